The van der Waals surface area contributed by atoms with Crippen LogP contribution in [0.25, 0.3) is 0 Å². The van der Waals surface area contributed by atoms with E-state index in [-0.39, 0.29) is 6.04 Å². The molecule has 0 saturated heterocycles. The van der Waals surface area contributed by atoms with Crippen molar-refractivity contribution in [1.82, 2.24) is 5.32 Å². The van der Waals surface area contributed by atoms with Gasteiger partial charge in [-0.25, -0.2) is 0 Å². The largest absolute Gasteiger partial charge is 0.508 e. The third-order valence-corrected chi connectivity index (χ3v) is 4.18. The van der Waals surface area contributed by atoms with E-state index < -0.39 is 0 Å². The smallest absolute Gasteiger partial charge is 0.120 e. The second-order valence-electron chi connectivity index (χ2n) is 4.69. The van der Waals surface area contributed by atoms with E-state index in [9.17, 15) is 5.11 Å². The molecule has 1 unspecified atom stereocenters. The van der Waals surface area contributed by atoms with Crippen molar-refractivity contribution in [3.05, 3.63) is 51.7 Å². The van der Waals surface area contributed by atoms with Crippen molar-refractivity contribution in [3.63, 3.8) is 0 Å². The quantitative estimate of drug-likeness (QED) is 0.865. The van der Waals surface area contributed by atoms with Crippen LogP contribution in [0.15, 0.2) is 35.7 Å². The second-order valence-corrected chi connectivity index (χ2v) is 5.67. The van der Waals surface area contributed by atoms with Gasteiger partial charge in [0.1, 0.15) is 5.75 Å². The molecular formula is C15H19NOS. The fraction of sp³-hybridized carbons (Fsp3) is 0.333. The zero-order valence-electron chi connectivity index (χ0n) is 11.0. The van der Waals surface area contributed by atoms with Gasteiger partial charge in [0, 0.05) is 22.5 Å². The van der Waals surface area contributed by atoms with Gasteiger partial charge in [-0.2, -0.15) is 0 Å². The van der Waals surface area contributed by atoms with Gasteiger partial charge in [0.05, 0.1) is 0 Å². The summed E-state index contributed by atoms with van der Waals surface area (Å²) >= 11 is 1.75. The fourth-order valence-electron chi connectivity index (χ4n) is 2.10. The van der Waals surface area contributed by atoms with Crippen LogP contribution in [0.1, 0.15) is 41.9 Å². The standard InChI is InChI=1S/C15H19NOS/c1-10-6-7-13(14(17)9-10)11(2)16-12(3)15-5-4-8-18-15/h4-9,11-12,16-17H,1-3H3/t11?,12-/m0/s1. The van der Waals surface area contributed by atoms with Gasteiger partial charge in [0.2, 0.25) is 0 Å². The Bertz CT molecular complexity index is 507. The van der Waals surface area contributed by atoms with Crippen LogP contribution in [-0.4, -0.2) is 5.11 Å². The number of thiophene rings is 1. The Morgan fingerprint density at radius 3 is 2.56 bits per heavy atom. The van der Waals surface area contributed by atoms with Crippen LogP contribution in [-0.2, 0) is 0 Å². The van der Waals surface area contributed by atoms with E-state index in [1.165, 1.54) is 4.88 Å². The lowest BCUT2D eigenvalue weighted by molar-refractivity contribution is 0.439. The Balaban J connectivity index is 2.10. The van der Waals surface area contributed by atoms with Gasteiger partial charge in [-0.05, 0) is 43.8 Å². The van der Waals surface area contributed by atoms with Crippen molar-refractivity contribution in [3.8, 4) is 5.75 Å². The van der Waals surface area contributed by atoms with E-state index >= 15 is 0 Å². The number of hydrogen-bond acceptors (Lipinski definition) is 3. The maximum absolute atomic E-state index is 9.97. The third kappa shape index (κ3) is 2.92. The fourth-order valence-corrected chi connectivity index (χ4v) is 2.85. The molecule has 0 aliphatic heterocycles. The molecule has 0 aliphatic carbocycles. The molecule has 2 N–H and O–H groups in total. The first-order valence-electron chi connectivity index (χ1n) is 6.17. The lowest BCUT2D eigenvalue weighted by Gasteiger charge is -2.20. The number of rotatable bonds is 4. The number of phenolic OH excluding ortho intramolecular Hbond substituents is 1. The number of hydrogen-bond donors (Lipinski definition) is 2. The molecule has 18 heavy (non-hydrogen) atoms. The van der Waals surface area contributed by atoms with E-state index in [0.29, 0.717) is 11.8 Å². The molecular weight excluding hydrogens is 242 g/mol. The molecule has 1 aromatic carbocycles. The molecule has 2 nitrogen and oxygen atoms in total. The van der Waals surface area contributed by atoms with Crippen LogP contribution in [0, 0.1) is 6.92 Å². The predicted molar refractivity (Wildman–Crippen MR) is 77.1 cm³/mol. The lowest BCUT2D eigenvalue weighted by Crippen LogP contribution is -2.21. The van der Waals surface area contributed by atoms with Crippen LogP contribution in [0.4, 0.5) is 0 Å². The van der Waals surface area contributed by atoms with Gasteiger partial charge in [0.15, 0.2) is 0 Å². The van der Waals surface area contributed by atoms with Crippen LogP contribution < -0.4 is 5.32 Å². The first-order valence-corrected chi connectivity index (χ1v) is 7.05. The maximum atomic E-state index is 9.97. The molecule has 0 amide bonds. The molecule has 0 spiro atoms. The van der Waals surface area contributed by atoms with E-state index in [4.69, 9.17) is 0 Å². The molecule has 1 aromatic heterocycles. The highest BCUT2D eigenvalue weighted by Gasteiger charge is 2.14. The Morgan fingerprint density at radius 2 is 1.94 bits per heavy atom. The molecule has 0 saturated carbocycles. The highest BCUT2D eigenvalue weighted by molar-refractivity contribution is 7.10. The van der Waals surface area contributed by atoms with E-state index in [1.54, 1.807) is 11.3 Å². The van der Waals surface area contributed by atoms with Crippen molar-refractivity contribution in [1.29, 1.82) is 0 Å². The molecule has 0 aliphatic rings. The molecule has 2 aromatic rings. The third-order valence-electron chi connectivity index (χ3n) is 3.12. The SMILES string of the molecule is Cc1ccc(C(C)N[C@@H](C)c2cccs2)c(O)c1. The van der Waals surface area contributed by atoms with Crippen LogP contribution in [0.3, 0.4) is 0 Å². The second kappa shape index (κ2) is 5.55. The topological polar surface area (TPSA) is 32.3 Å². The predicted octanol–water partition coefficient (Wildman–Crippen LogP) is 4.17. The van der Waals surface area contributed by atoms with E-state index in [1.807, 2.05) is 25.1 Å². The normalized spacial score (nSPS) is 14.4. The first-order chi connectivity index (χ1) is 8.58. The van der Waals surface area contributed by atoms with Crippen molar-refractivity contribution < 1.29 is 5.11 Å². The summed E-state index contributed by atoms with van der Waals surface area (Å²) in [6, 6.07) is 10.4. The zero-order valence-corrected chi connectivity index (χ0v) is 11.8. The summed E-state index contributed by atoms with van der Waals surface area (Å²) in [5.41, 5.74) is 2.03. The Hall–Kier alpha value is -1.32. The van der Waals surface area contributed by atoms with Crippen LogP contribution >= 0.6 is 11.3 Å². The van der Waals surface area contributed by atoms with Crippen LogP contribution in [0.5, 0.6) is 5.75 Å². The van der Waals surface area contributed by atoms with Gasteiger partial charge in [0.25, 0.3) is 0 Å². The Morgan fingerprint density at radius 1 is 1.17 bits per heavy atom. The number of aromatic hydroxyl groups is 1. The average molecular weight is 261 g/mol. The Labute approximate surface area is 112 Å². The minimum absolute atomic E-state index is 0.127. The summed E-state index contributed by atoms with van der Waals surface area (Å²) in [5, 5.41) is 15.6. The van der Waals surface area contributed by atoms with Gasteiger partial charge in [-0.15, -0.1) is 11.3 Å². The summed E-state index contributed by atoms with van der Waals surface area (Å²) in [4.78, 5) is 1.31. The molecule has 96 valence electrons. The highest BCUT2D eigenvalue weighted by atomic mass is 32.1. The van der Waals surface area contributed by atoms with Crippen molar-refractivity contribution in [2.75, 3.05) is 0 Å². The van der Waals surface area contributed by atoms with Crippen LogP contribution in [0.2, 0.25) is 0 Å². The summed E-state index contributed by atoms with van der Waals surface area (Å²) in [7, 11) is 0. The minimum Gasteiger partial charge on any atom is -0.508 e. The molecule has 1 heterocycles. The summed E-state index contributed by atoms with van der Waals surface area (Å²) in [6.07, 6.45) is 0. The minimum atomic E-state index is 0.127. The molecule has 0 fully saturated rings. The Kier molecular flexibility index (Phi) is 4.04. The molecule has 0 radical (unpaired) electrons. The van der Waals surface area contributed by atoms with Crippen molar-refractivity contribution >= 4 is 11.3 Å². The number of nitrogens with one attached hydrogen (secondary N) is 1. The lowest BCUT2D eigenvalue weighted by atomic mass is 10.0. The first kappa shape index (κ1) is 13.1. The summed E-state index contributed by atoms with van der Waals surface area (Å²) < 4.78 is 0. The molecule has 0 bridgehead atoms. The molecule has 2 rings (SSSR count). The van der Waals surface area contributed by atoms with Gasteiger partial charge in [-0.3, -0.25) is 0 Å². The summed E-state index contributed by atoms with van der Waals surface area (Å²) in [6.45, 7) is 6.21. The maximum Gasteiger partial charge on any atom is 0.120 e. The average Bonchev–Trinajstić information content (AvgIpc) is 2.81. The molecule has 3 heteroatoms. The monoisotopic (exact) mass is 261 g/mol. The molecule has 2 atom stereocenters. The number of aryl methyl sites for hydroxylation is 1. The van der Waals surface area contributed by atoms with E-state index in [0.717, 1.165) is 11.1 Å². The van der Waals surface area contributed by atoms with Crippen molar-refractivity contribution in [2.45, 2.75) is 32.9 Å². The van der Waals surface area contributed by atoms with Gasteiger partial charge < -0.3 is 10.4 Å². The number of benzene rings is 1. The highest BCUT2D eigenvalue weighted by Crippen LogP contribution is 2.28. The van der Waals surface area contributed by atoms with Gasteiger partial charge >= 0.3 is 0 Å². The zero-order chi connectivity index (χ0) is 13.1. The van der Waals surface area contributed by atoms with E-state index in [2.05, 4.69) is 36.7 Å². The van der Waals surface area contributed by atoms with Crippen molar-refractivity contribution in [2.24, 2.45) is 0 Å². The summed E-state index contributed by atoms with van der Waals surface area (Å²) in [5.74, 6) is 0.369. The van der Waals surface area contributed by atoms with Gasteiger partial charge in [-0.1, -0.05) is 18.2 Å². The number of phenols is 1.